The molecule has 1 N–H and O–H groups in total. The van der Waals surface area contributed by atoms with Crippen LogP contribution in [0.1, 0.15) is 31.4 Å². The summed E-state index contributed by atoms with van der Waals surface area (Å²) in [5, 5.41) is 18.3. The van der Waals surface area contributed by atoms with Crippen molar-refractivity contribution in [3.05, 3.63) is 65.7 Å². The molecule has 0 saturated carbocycles. The Morgan fingerprint density at radius 2 is 1.69 bits per heavy atom. The van der Waals surface area contributed by atoms with E-state index in [0.29, 0.717) is 17.4 Å². The molecule has 0 aliphatic heterocycles. The van der Waals surface area contributed by atoms with Crippen molar-refractivity contribution >= 4 is 15.9 Å². The second-order valence-corrected chi connectivity index (χ2v) is 8.45. The van der Waals surface area contributed by atoms with Crippen molar-refractivity contribution < 1.29 is 14.2 Å². The van der Waals surface area contributed by atoms with Crippen molar-refractivity contribution in [3.63, 3.8) is 0 Å². The summed E-state index contributed by atoms with van der Waals surface area (Å²) in [6, 6.07) is 17.2. The molecular weight excluding hydrogens is 434 g/mol. The van der Waals surface area contributed by atoms with Gasteiger partial charge in [0.25, 0.3) is 5.89 Å². The molecule has 2 aromatic heterocycles. The van der Waals surface area contributed by atoms with E-state index in [-0.39, 0.29) is 0 Å². The number of nitrogens with zero attached hydrogens (tertiary/aromatic N) is 3. The Balaban J connectivity index is 1.69. The maximum atomic E-state index is 10.0. The van der Waals surface area contributed by atoms with E-state index in [4.69, 9.17) is 9.05 Å². The SMILES string of the molecule is CCCc1c(-c2nc(-c3ccc(C(C)(O)Br)cc3)no2)noc1-c1ccccc1. The average Bonchev–Trinajstić information content (AvgIpc) is 3.36. The Morgan fingerprint density at radius 3 is 2.34 bits per heavy atom. The molecule has 0 saturated heterocycles. The van der Waals surface area contributed by atoms with E-state index in [1.807, 2.05) is 54.6 Å². The summed E-state index contributed by atoms with van der Waals surface area (Å²) in [7, 11) is 0. The van der Waals surface area contributed by atoms with E-state index in [1.165, 1.54) is 0 Å². The van der Waals surface area contributed by atoms with E-state index in [1.54, 1.807) is 6.92 Å². The first kappa shape index (κ1) is 19.5. The van der Waals surface area contributed by atoms with Gasteiger partial charge in [-0.2, -0.15) is 4.98 Å². The number of hydrogen-bond acceptors (Lipinski definition) is 6. The van der Waals surface area contributed by atoms with Crippen molar-refractivity contribution in [2.75, 3.05) is 0 Å². The number of aliphatic hydroxyl groups is 1. The molecule has 0 radical (unpaired) electrons. The molecule has 4 aromatic rings. The molecule has 29 heavy (non-hydrogen) atoms. The number of aromatic nitrogens is 3. The Labute approximate surface area is 176 Å². The van der Waals surface area contributed by atoms with Crippen molar-refractivity contribution in [3.8, 4) is 34.3 Å². The zero-order valence-electron chi connectivity index (χ0n) is 16.1. The summed E-state index contributed by atoms with van der Waals surface area (Å²) < 4.78 is 10.1. The van der Waals surface area contributed by atoms with Crippen LogP contribution in [0.2, 0.25) is 0 Å². The van der Waals surface area contributed by atoms with Gasteiger partial charge in [0.2, 0.25) is 5.82 Å². The largest absolute Gasteiger partial charge is 0.375 e. The van der Waals surface area contributed by atoms with E-state index < -0.39 is 4.51 Å². The zero-order valence-corrected chi connectivity index (χ0v) is 17.7. The van der Waals surface area contributed by atoms with Crippen LogP contribution in [-0.4, -0.2) is 20.4 Å². The first-order chi connectivity index (χ1) is 14.0. The van der Waals surface area contributed by atoms with Gasteiger partial charge in [-0.1, -0.05) is 78.3 Å². The van der Waals surface area contributed by atoms with E-state index in [0.717, 1.165) is 40.9 Å². The molecule has 2 aromatic carbocycles. The molecule has 0 aliphatic carbocycles. The van der Waals surface area contributed by atoms with Crippen LogP contribution < -0.4 is 0 Å². The van der Waals surface area contributed by atoms with Gasteiger partial charge in [-0.15, -0.1) is 0 Å². The fourth-order valence-corrected chi connectivity index (χ4v) is 3.40. The summed E-state index contributed by atoms with van der Waals surface area (Å²) in [5.74, 6) is 1.50. The molecule has 0 bridgehead atoms. The van der Waals surface area contributed by atoms with Crippen LogP contribution in [0.4, 0.5) is 0 Å². The number of halogens is 1. The molecule has 7 heteroatoms. The second kappa shape index (κ2) is 7.93. The summed E-state index contributed by atoms with van der Waals surface area (Å²) in [5.41, 5.74) is 4.01. The van der Waals surface area contributed by atoms with Crippen molar-refractivity contribution in [1.82, 2.24) is 15.3 Å². The minimum atomic E-state index is -1.09. The molecular formula is C22H20BrN3O3. The maximum absolute atomic E-state index is 10.0. The standard InChI is InChI=1S/C22H20BrN3O3/c1-3-7-17-18(25-28-19(17)14-8-5-4-6-9-14)21-24-20(26-29-21)15-10-12-16(13-11-15)22(2,23)27/h4-6,8-13,27H,3,7H2,1-2H3. The lowest BCUT2D eigenvalue weighted by atomic mass is 10.0. The third-order valence-electron chi connectivity index (χ3n) is 4.62. The molecule has 4 rings (SSSR count). The molecule has 0 fully saturated rings. The molecule has 0 amide bonds. The number of rotatable bonds is 6. The molecule has 1 unspecified atom stereocenters. The topological polar surface area (TPSA) is 85.2 Å². The predicted octanol–water partition coefficient (Wildman–Crippen LogP) is 5.57. The van der Waals surface area contributed by atoms with Gasteiger partial charge in [0.15, 0.2) is 11.5 Å². The molecule has 0 aliphatic rings. The van der Waals surface area contributed by atoms with Gasteiger partial charge < -0.3 is 14.2 Å². The highest BCUT2D eigenvalue weighted by atomic mass is 79.9. The van der Waals surface area contributed by atoms with Crippen LogP contribution in [0.15, 0.2) is 63.6 Å². The lowest BCUT2D eigenvalue weighted by molar-refractivity contribution is 0.167. The Hall–Kier alpha value is -2.77. The van der Waals surface area contributed by atoms with Gasteiger partial charge in [0, 0.05) is 16.7 Å². The molecule has 6 nitrogen and oxygen atoms in total. The molecule has 0 spiro atoms. The molecule has 2 heterocycles. The number of hydrogen-bond donors (Lipinski definition) is 1. The third-order valence-corrected chi connectivity index (χ3v) is 5.08. The summed E-state index contributed by atoms with van der Waals surface area (Å²) in [6.45, 7) is 3.77. The first-order valence-electron chi connectivity index (χ1n) is 9.37. The quantitative estimate of drug-likeness (QED) is 0.384. The van der Waals surface area contributed by atoms with Crippen molar-refractivity contribution in [2.45, 2.75) is 31.2 Å². The summed E-state index contributed by atoms with van der Waals surface area (Å²) >= 11 is 3.23. The molecule has 1 atom stereocenters. The average molecular weight is 454 g/mol. The second-order valence-electron chi connectivity index (χ2n) is 6.91. The maximum Gasteiger partial charge on any atom is 0.280 e. The first-order valence-corrected chi connectivity index (χ1v) is 10.2. The van der Waals surface area contributed by atoms with E-state index in [2.05, 4.69) is 38.2 Å². The van der Waals surface area contributed by atoms with Gasteiger partial charge >= 0.3 is 0 Å². The van der Waals surface area contributed by atoms with E-state index >= 15 is 0 Å². The number of benzene rings is 2. The summed E-state index contributed by atoms with van der Waals surface area (Å²) in [4.78, 5) is 4.52. The highest BCUT2D eigenvalue weighted by Gasteiger charge is 2.23. The minimum Gasteiger partial charge on any atom is -0.375 e. The highest BCUT2D eigenvalue weighted by Crippen LogP contribution is 2.34. The lowest BCUT2D eigenvalue weighted by Gasteiger charge is -2.15. The van der Waals surface area contributed by atoms with Crippen molar-refractivity contribution in [2.24, 2.45) is 0 Å². The fraction of sp³-hybridized carbons (Fsp3) is 0.227. The Morgan fingerprint density at radius 1 is 0.966 bits per heavy atom. The van der Waals surface area contributed by atoms with Gasteiger partial charge in [0.05, 0.1) is 0 Å². The minimum absolute atomic E-state index is 0.325. The van der Waals surface area contributed by atoms with Crippen LogP contribution in [0.5, 0.6) is 0 Å². The van der Waals surface area contributed by atoms with Crippen LogP contribution in [-0.2, 0) is 10.9 Å². The van der Waals surface area contributed by atoms with Crippen LogP contribution in [0.3, 0.4) is 0 Å². The van der Waals surface area contributed by atoms with Crippen LogP contribution in [0.25, 0.3) is 34.3 Å². The monoisotopic (exact) mass is 453 g/mol. The van der Waals surface area contributed by atoms with E-state index in [9.17, 15) is 5.11 Å². The smallest absolute Gasteiger partial charge is 0.280 e. The zero-order chi connectivity index (χ0) is 20.4. The van der Waals surface area contributed by atoms with Crippen molar-refractivity contribution in [1.29, 1.82) is 0 Å². The predicted molar refractivity (Wildman–Crippen MR) is 113 cm³/mol. The normalized spacial score (nSPS) is 13.4. The Bertz CT molecular complexity index is 1100. The molecule has 148 valence electrons. The number of alkyl halides is 1. The van der Waals surface area contributed by atoms with Gasteiger partial charge in [-0.3, -0.25) is 0 Å². The fourth-order valence-electron chi connectivity index (χ4n) is 3.14. The summed E-state index contributed by atoms with van der Waals surface area (Å²) in [6.07, 6.45) is 1.72. The lowest BCUT2D eigenvalue weighted by Crippen LogP contribution is -2.10. The van der Waals surface area contributed by atoms with Crippen LogP contribution in [0, 0.1) is 0 Å². The third kappa shape index (κ3) is 4.02. The van der Waals surface area contributed by atoms with Crippen LogP contribution >= 0.6 is 15.9 Å². The Kier molecular flexibility index (Phi) is 5.34. The van der Waals surface area contributed by atoms with Gasteiger partial charge in [-0.05, 0) is 34.8 Å². The van der Waals surface area contributed by atoms with Gasteiger partial charge in [-0.25, -0.2) is 0 Å². The highest BCUT2D eigenvalue weighted by molar-refractivity contribution is 9.09. The van der Waals surface area contributed by atoms with Gasteiger partial charge in [0.1, 0.15) is 4.51 Å².